The van der Waals surface area contributed by atoms with Gasteiger partial charge in [0.05, 0.1) is 12.1 Å². The number of nitrogens with zero attached hydrogens (tertiary/aromatic N) is 1. The normalized spacial score (nSPS) is 25.8. The van der Waals surface area contributed by atoms with Crippen LogP contribution in [-0.4, -0.2) is 24.3 Å². The van der Waals surface area contributed by atoms with E-state index < -0.39 is 0 Å². The van der Waals surface area contributed by atoms with Crippen molar-refractivity contribution in [3.05, 3.63) is 29.8 Å². The van der Waals surface area contributed by atoms with Crippen molar-refractivity contribution < 1.29 is 5.11 Å². The topological polar surface area (TPSA) is 49.5 Å². The van der Waals surface area contributed by atoms with E-state index in [-0.39, 0.29) is 18.2 Å². The lowest BCUT2D eigenvalue weighted by Crippen LogP contribution is -2.44. The van der Waals surface area contributed by atoms with Crippen LogP contribution in [0.2, 0.25) is 0 Å². The second kappa shape index (κ2) is 5.72. The lowest BCUT2D eigenvalue weighted by molar-refractivity contribution is 0.106. The highest BCUT2D eigenvalue weighted by Crippen LogP contribution is 2.30. The molecule has 1 fully saturated rings. The van der Waals surface area contributed by atoms with Gasteiger partial charge in [-0.1, -0.05) is 31.0 Å². The molecular weight excluding hydrogens is 224 g/mol. The molecule has 0 heterocycles. The molecule has 100 valence electrons. The van der Waals surface area contributed by atoms with Crippen LogP contribution in [0.3, 0.4) is 0 Å². The predicted octanol–water partition coefficient (Wildman–Crippen LogP) is 2.45. The van der Waals surface area contributed by atoms with Gasteiger partial charge in [-0.25, -0.2) is 0 Å². The average Bonchev–Trinajstić information content (AvgIpc) is 2.38. The number of likely N-dealkylation sites (N-methyl/N-ethyl adjacent to an activating group) is 1. The Morgan fingerprint density at radius 3 is 2.61 bits per heavy atom. The molecule has 1 saturated carbocycles. The summed E-state index contributed by atoms with van der Waals surface area (Å²) in [5.41, 5.74) is 8.33. The molecule has 0 radical (unpaired) electrons. The fraction of sp³-hybridized carbons (Fsp3) is 0.600. The van der Waals surface area contributed by atoms with Crippen LogP contribution in [0.4, 0.5) is 5.69 Å². The minimum absolute atomic E-state index is 0.0179. The van der Waals surface area contributed by atoms with Gasteiger partial charge < -0.3 is 15.7 Å². The summed E-state index contributed by atoms with van der Waals surface area (Å²) < 4.78 is 0. The molecule has 18 heavy (non-hydrogen) atoms. The third kappa shape index (κ3) is 2.68. The summed E-state index contributed by atoms with van der Waals surface area (Å²) in [6.07, 6.45) is 4.09. The lowest BCUT2D eigenvalue weighted by atomic mass is 9.90. The Balaban J connectivity index is 2.24. The van der Waals surface area contributed by atoms with E-state index in [0.29, 0.717) is 0 Å². The number of aliphatic hydroxyl groups is 1. The molecule has 1 aliphatic rings. The van der Waals surface area contributed by atoms with Crippen LogP contribution >= 0.6 is 0 Å². The molecule has 2 unspecified atom stereocenters. The van der Waals surface area contributed by atoms with E-state index >= 15 is 0 Å². The van der Waals surface area contributed by atoms with Crippen LogP contribution in [0.15, 0.2) is 24.3 Å². The SMILES string of the molecule is C[C@H](N)c1ccccc1N(C)C1CCCCC1O. The third-order valence-electron chi connectivity index (χ3n) is 4.00. The molecule has 3 atom stereocenters. The Labute approximate surface area is 110 Å². The summed E-state index contributed by atoms with van der Waals surface area (Å²) in [6.45, 7) is 2.00. The first-order valence-corrected chi connectivity index (χ1v) is 6.86. The van der Waals surface area contributed by atoms with Gasteiger partial charge in [0.2, 0.25) is 0 Å². The molecular formula is C15H24N2O. The highest BCUT2D eigenvalue weighted by atomic mass is 16.3. The predicted molar refractivity (Wildman–Crippen MR) is 75.7 cm³/mol. The molecule has 3 N–H and O–H groups in total. The number of anilines is 1. The van der Waals surface area contributed by atoms with Crippen molar-refractivity contribution in [3.63, 3.8) is 0 Å². The Hall–Kier alpha value is -1.06. The summed E-state index contributed by atoms with van der Waals surface area (Å²) >= 11 is 0. The van der Waals surface area contributed by atoms with Crippen molar-refractivity contribution in [2.45, 2.75) is 50.8 Å². The van der Waals surface area contributed by atoms with Crippen molar-refractivity contribution in [2.24, 2.45) is 5.73 Å². The first-order chi connectivity index (χ1) is 8.61. The zero-order valence-electron chi connectivity index (χ0n) is 11.3. The van der Waals surface area contributed by atoms with Crippen LogP contribution < -0.4 is 10.6 Å². The van der Waals surface area contributed by atoms with Crippen molar-refractivity contribution in [1.82, 2.24) is 0 Å². The Morgan fingerprint density at radius 2 is 1.94 bits per heavy atom. The van der Waals surface area contributed by atoms with Crippen molar-refractivity contribution >= 4 is 5.69 Å². The molecule has 0 aliphatic heterocycles. The van der Waals surface area contributed by atoms with Gasteiger partial charge in [0.1, 0.15) is 0 Å². The minimum atomic E-state index is -0.218. The van der Waals surface area contributed by atoms with E-state index in [4.69, 9.17) is 5.73 Å². The number of hydrogen-bond acceptors (Lipinski definition) is 3. The lowest BCUT2D eigenvalue weighted by Gasteiger charge is -2.38. The molecule has 0 aromatic heterocycles. The number of rotatable bonds is 3. The summed E-state index contributed by atoms with van der Waals surface area (Å²) in [6, 6.07) is 8.47. The largest absolute Gasteiger partial charge is 0.391 e. The van der Waals surface area contributed by atoms with Crippen molar-refractivity contribution in [3.8, 4) is 0 Å². The van der Waals surface area contributed by atoms with E-state index in [0.717, 1.165) is 30.5 Å². The smallest absolute Gasteiger partial charge is 0.0743 e. The van der Waals surface area contributed by atoms with E-state index in [1.165, 1.54) is 6.42 Å². The van der Waals surface area contributed by atoms with Gasteiger partial charge in [0, 0.05) is 18.8 Å². The van der Waals surface area contributed by atoms with Gasteiger partial charge in [0.25, 0.3) is 0 Å². The second-order valence-corrected chi connectivity index (χ2v) is 5.38. The van der Waals surface area contributed by atoms with Gasteiger partial charge in [-0.05, 0) is 31.4 Å². The fourth-order valence-corrected chi connectivity index (χ4v) is 2.92. The molecule has 3 heteroatoms. The Kier molecular flexibility index (Phi) is 4.25. The molecule has 1 aromatic carbocycles. The quantitative estimate of drug-likeness (QED) is 0.864. The highest BCUT2D eigenvalue weighted by molar-refractivity contribution is 5.55. The van der Waals surface area contributed by atoms with Crippen LogP contribution in [0.5, 0.6) is 0 Å². The molecule has 0 amide bonds. The van der Waals surface area contributed by atoms with E-state index in [2.05, 4.69) is 24.1 Å². The van der Waals surface area contributed by atoms with Gasteiger partial charge in [-0.15, -0.1) is 0 Å². The second-order valence-electron chi connectivity index (χ2n) is 5.38. The van der Waals surface area contributed by atoms with Crippen LogP contribution in [0, 0.1) is 0 Å². The molecule has 1 aliphatic carbocycles. The first kappa shape index (κ1) is 13.4. The standard InChI is InChI=1S/C15H24N2O/c1-11(16)12-7-3-4-8-13(12)17(2)14-9-5-6-10-15(14)18/h3-4,7-8,11,14-15,18H,5-6,9-10,16H2,1-2H3/t11-,14?,15?/m0/s1. The summed E-state index contributed by atoms with van der Waals surface area (Å²) in [4.78, 5) is 2.21. The molecule has 0 spiro atoms. The average molecular weight is 248 g/mol. The zero-order chi connectivity index (χ0) is 13.1. The van der Waals surface area contributed by atoms with Crippen LogP contribution in [0.25, 0.3) is 0 Å². The molecule has 3 nitrogen and oxygen atoms in total. The maximum atomic E-state index is 10.2. The summed E-state index contributed by atoms with van der Waals surface area (Å²) in [5.74, 6) is 0. The maximum Gasteiger partial charge on any atom is 0.0743 e. The van der Waals surface area contributed by atoms with Gasteiger partial charge in [-0.2, -0.15) is 0 Å². The minimum Gasteiger partial charge on any atom is -0.391 e. The molecule has 1 aromatic rings. The summed E-state index contributed by atoms with van der Waals surface area (Å²) in [7, 11) is 2.07. The van der Waals surface area contributed by atoms with Gasteiger partial charge in [-0.3, -0.25) is 0 Å². The highest BCUT2D eigenvalue weighted by Gasteiger charge is 2.27. The first-order valence-electron chi connectivity index (χ1n) is 6.86. The monoisotopic (exact) mass is 248 g/mol. The molecule has 2 rings (SSSR count). The van der Waals surface area contributed by atoms with Crippen LogP contribution in [0.1, 0.15) is 44.2 Å². The number of para-hydroxylation sites is 1. The number of nitrogens with two attached hydrogens (primary N) is 1. The van der Waals surface area contributed by atoms with Crippen molar-refractivity contribution in [2.75, 3.05) is 11.9 Å². The van der Waals surface area contributed by atoms with E-state index in [1.54, 1.807) is 0 Å². The third-order valence-corrected chi connectivity index (χ3v) is 4.00. The van der Waals surface area contributed by atoms with Crippen LogP contribution in [-0.2, 0) is 0 Å². The zero-order valence-corrected chi connectivity index (χ0v) is 11.3. The molecule has 0 bridgehead atoms. The van der Waals surface area contributed by atoms with E-state index in [1.807, 2.05) is 19.1 Å². The van der Waals surface area contributed by atoms with Gasteiger partial charge >= 0.3 is 0 Å². The number of aliphatic hydroxyl groups excluding tert-OH is 1. The van der Waals surface area contributed by atoms with E-state index in [9.17, 15) is 5.11 Å². The Bertz CT molecular complexity index is 392. The fourth-order valence-electron chi connectivity index (χ4n) is 2.92. The van der Waals surface area contributed by atoms with Gasteiger partial charge in [0.15, 0.2) is 0 Å². The number of hydrogen-bond donors (Lipinski definition) is 2. The summed E-state index contributed by atoms with van der Waals surface area (Å²) in [5, 5.41) is 10.2. The maximum absolute atomic E-state index is 10.2. The number of benzene rings is 1. The molecule has 0 saturated heterocycles. The van der Waals surface area contributed by atoms with Crippen molar-refractivity contribution in [1.29, 1.82) is 0 Å². The Morgan fingerprint density at radius 1 is 1.28 bits per heavy atom.